The fourth-order valence-corrected chi connectivity index (χ4v) is 7.61. The van der Waals surface area contributed by atoms with E-state index < -0.39 is 29.0 Å². The average Bonchev–Trinajstić information content (AvgIpc) is 3.24. The van der Waals surface area contributed by atoms with Crippen molar-refractivity contribution in [3.8, 4) is 0 Å². The largest absolute Gasteiger partial charge is 0.274 e. The Morgan fingerprint density at radius 3 is 2.20 bits per heavy atom. The Labute approximate surface area is 244 Å². The highest BCUT2D eigenvalue weighted by Crippen LogP contribution is 2.63. The molecule has 4 aliphatic rings. The van der Waals surface area contributed by atoms with Gasteiger partial charge in [0.1, 0.15) is 5.82 Å². The number of carbonyl (C=O) groups is 3. The number of aryl methyl sites for hydroxylation is 1. The summed E-state index contributed by atoms with van der Waals surface area (Å²) in [5.41, 5.74) is 6.90. The first-order chi connectivity index (χ1) is 19.8. The monoisotopic (exact) mass is 607 g/mol. The summed E-state index contributed by atoms with van der Waals surface area (Å²) in [6, 6.07) is 26.4. The molecule has 1 N–H and O–H groups in total. The quantitative estimate of drug-likeness (QED) is 0.179. The SMILES string of the molecule is Cc1ccc(N2C(=O)[C@@H]3[C@@H](C2=O)C2c4ccccc4C3(/C=N\NC(=O)c3ccc(F)cc3)c3ccccc32)c(Br)c1. The van der Waals surface area contributed by atoms with Crippen LogP contribution in [-0.2, 0) is 15.0 Å². The molecule has 0 unspecified atom stereocenters. The Morgan fingerprint density at radius 2 is 1.56 bits per heavy atom. The molecular weight excluding hydrogens is 585 g/mol. The minimum atomic E-state index is -1.11. The van der Waals surface area contributed by atoms with Crippen LogP contribution in [0.3, 0.4) is 0 Å². The molecule has 0 radical (unpaired) electrons. The van der Waals surface area contributed by atoms with E-state index >= 15 is 0 Å². The second-order valence-corrected chi connectivity index (χ2v) is 11.6. The van der Waals surface area contributed by atoms with Crippen LogP contribution < -0.4 is 10.3 Å². The van der Waals surface area contributed by atoms with Gasteiger partial charge in [-0.1, -0.05) is 54.6 Å². The maximum absolute atomic E-state index is 14.5. The van der Waals surface area contributed by atoms with Crippen molar-refractivity contribution in [3.05, 3.63) is 135 Å². The van der Waals surface area contributed by atoms with Crippen LogP contribution in [0.4, 0.5) is 10.1 Å². The molecule has 4 aromatic rings. The lowest BCUT2D eigenvalue weighted by Gasteiger charge is -2.52. The van der Waals surface area contributed by atoms with Gasteiger partial charge in [0.15, 0.2) is 0 Å². The Balaban J connectivity index is 1.40. The number of carbonyl (C=O) groups excluding carboxylic acids is 3. The van der Waals surface area contributed by atoms with Crippen molar-refractivity contribution in [1.29, 1.82) is 0 Å². The number of rotatable bonds is 4. The van der Waals surface area contributed by atoms with Crippen molar-refractivity contribution in [2.45, 2.75) is 18.3 Å². The number of hydrogen-bond donors (Lipinski definition) is 1. The second kappa shape index (κ2) is 9.31. The normalized spacial score (nSPS) is 23.9. The zero-order chi connectivity index (χ0) is 28.5. The number of halogens is 2. The molecule has 0 saturated carbocycles. The van der Waals surface area contributed by atoms with Gasteiger partial charge in [-0.3, -0.25) is 14.4 Å². The smallest absolute Gasteiger partial charge is 0.271 e. The van der Waals surface area contributed by atoms with Gasteiger partial charge in [-0.15, -0.1) is 0 Å². The fraction of sp³-hybridized carbons (Fsp3) is 0.152. The van der Waals surface area contributed by atoms with E-state index in [0.717, 1.165) is 27.8 Å². The lowest BCUT2D eigenvalue weighted by molar-refractivity contribution is -0.122. The highest BCUT2D eigenvalue weighted by Gasteiger charge is 2.68. The van der Waals surface area contributed by atoms with Crippen molar-refractivity contribution in [2.24, 2.45) is 16.9 Å². The molecule has 3 aliphatic carbocycles. The van der Waals surface area contributed by atoms with E-state index in [0.29, 0.717) is 10.2 Å². The number of hydrogen-bond acceptors (Lipinski definition) is 4. The third-order valence-electron chi connectivity index (χ3n) is 8.57. The molecule has 1 fully saturated rings. The third-order valence-corrected chi connectivity index (χ3v) is 9.20. The zero-order valence-electron chi connectivity index (χ0n) is 21.8. The van der Waals surface area contributed by atoms with Crippen molar-refractivity contribution in [2.75, 3.05) is 4.90 Å². The van der Waals surface area contributed by atoms with Crippen LogP contribution in [0.1, 0.15) is 44.1 Å². The Hall–Kier alpha value is -4.43. The number of hydrazone groups is 1. The van der Waals surface area contributed by atoms with E-state index in [2.05, 4.69) is 26.5 Å². The summed E-state index contributed by atoms with van der Waals surface area (Å²) >= 11 is 3.57. The van der Waals surface area contributed by atoms with Gasteiger partial charge in [-0.05, 0) is 87.1 Å². The van der Waals surface area contributed by atoms with Crippen molar-refractivity contribution in [3.63, 3.8) is 0 Å². The number of nitrogens with one attached hydrogen (secondary N) is 1. The predicted octanol–water partition coefficient (Wildman–Crippen LogP) is 5.86. The standard InChI is InChI=1S/C33H23BrFN3O3/c1-18-10-15-26(25(34)16-18)38-31(40)28-27-21-6-2-4-8-23(21)33(29(28)32(38)41,24-9-5-3-7-22(24)27)17-36-37-30(39)19-11-13-20(35)14-12-19/h2-17,27-29H,1H3,(H,37,39)/b36-17-/t27?,28-,29-,33?/m0/s1. The Morgan fingerprint density at radius 1 is 0.927 bits per heavy atom. The van der Waals surface area contributed by atoms with E-state index in [4.69, 9.17) is 0 Å². The van der Waals surface area contributed by atoms with Gasteiger partial charge in [0.05, 0.1) is 22.9 Å². The molecule has 202 valence electrons. The van der Waals surface area contributed by atoms with Crippen LogP contribution in [-0.4, -0.2) is 23.9 Å². The summed E-state index contributed by atoms with van der Waals surface area (Å²) in [6.07, 6.45) is 1.61. The predicted molar refractivity (Wildman–Crippen MR) is 156 cm³/mol. The molecular formula is C33H23BrFN3O3. The number of nitrogens with zero attached hydrogens (tertiary/aromatic N) is 2. The first-order valence-corrected chi connectivity index (χ1v) is 14.0. The van der Waals surface area contributed by atoms with Gasteiger partial charge in [-0.25, -0.2) is 14.7 Å². The van der Waals surface area contributed by atoms with Crippen molar-refractivity contribution < 1.29 is 18.8 Å². The molecule has 0 aromatic heterocycles. The summed E-state index contributed by atoms with van der Waals surface area (Å²) in [7, 11) is 0. The maximum Gasteiger partial charge on any atom is 0.271 e. The summed E-state index contributed by atoms with van der Waals surface area (Å²) in [5.74, 6) is -3.26. The molecule has 1 heterocycles. The lowest BCUT2D eigenvalue weighted by atomic mass is 9.47. The lowest BCUT2D eigenvalue weighted by Crippen LogP contribution is -2.54. The molecule has 8 heteroatoms. The summed E-state index contributed by atoms with van der Waals surface area (Å²) in [5, 5.41) is 4.40. The highest BCUT2D eigenvalue weighted by molar-refractivity contribution is 9.10. The summed E-state index contributed by atoms with van der Waals surface area (Å²) < 4.78 is 14.1. The van der Waals surface area contributed by atoms with Gasteiger partial charge in [-0.2, -0.15) is 5.10 Å². The molecule has 4 aromatic carbocycles. The van der Waals surface area contributed by atoms with Crippen LogP contribution in [0.15, 0.2) is 101 Å². The van der Waals surface area contributed by atoms with E-state index in [9.17, 15) is 18.8 Å². The highest BCUT2D eigenvalue weighted by atomic mass is 79.9. The molecule has 3 amide bonds. The molecule has 41 heavy (non-hydrogen) atoms. The topological polar surface area (TPSA) is 78.8 Å². The molecule has 2 atom stereocenters. The van der Waals surface area contributed by atoms with Crippen LogP contribution >= 0.6 is 15.9 Å². The van der Waals surface area contributed by atoms with E-state index in [1.165, 1.54) is 29.2 Å². The van der Waals surface area contributed by atoms with Gasteiger partial charge in [0, 0.05) is 22.2 Å². The summed E-state index contributed by atoms with van der Waals surface area (Å²) in [4.78, 5) is 42.9. The van der Waals surface area contributed by atoms with E-state index in [-0.39, 0.29) is 23.3 Å². The third kappa shape index (κ3) is 3.60. The number of anilines is 1. The zero-order valence-corrected chi connectivity index (χ0v) is 23.4. The van der Waals surface area contributed by atoms with Crippen LogP contribution in [0.2, 0.25) is 0 Å². The first-order valence-electron chi connectivity index (χ1n) is 13.3. The number of amides is 3. The van der Waals surface area contributed by atoms with Crippen molar-refractivity contribution >= 4 is 45.6 Å². The molecule has 1 aliphatic heterocycles. The van der Waals surface area contributed by atoms with E-state index in [1.807, 2.05) is 67.6 Å². The van der Waals surface area contributed by atoms with Gasteiger partial charge < -0.3 is 0 Å². The van der Waals surface area contributed by atoms with Crippen LogP contribution in [0, 0.1) is 24.6 Å². The Kier molecular flexibility index (Phi) is 5.80. The fourth-order valence-electron chi connectivity index (χ4n) is 6.94. The Bertz CT molecular complexity index is 1750. The molecule has 8 rings (SSSR count). The first kappa shape index (κ1) is 25.5. The minimum absolute atomic E-state index is 0.245. The molecule has 6 nitrogen and oxygen atoms in total. The second-order valence-electron chi connectivity index (χ2n) is 10.7. The molecule has 0 spiro atoms. The van der Waals surface area contributed by atoms with Gasteiger partial charge >= 0.3 is 0 Å². The number of benzene rings is 4. The van der Waals surface area contributed by atoms with Crippen LogP contribution in [0.25, 0.3) is 0 Å². The van der Waals surface area contributed by atoms with Gasteiger partial charge in [0.25, 0.3) is 5.91 Å². The molecule has 2 bridgehead atoms. The van der Waals surface area contributed by atoms with Crippen LogP contribution in [0.5, 0.6) is 0 Å². The van der Waals surface area contributed by atoms with Crippen molar-refractivity contribution in [1.82, 2.24) is 5.43 Å². The maximum atomic E-state index is 14.5. The summed E-state index contributed by atoms with van der Waals surface area (Å²) in [6.45, 7) is 1.95. The van der Waals surface area contributed by atoms with E-state index in [1.54, 1.807) is 12.3 Å². The average molecular weight is 608 g/mol. The molecule has 1 saturated heterocycles. The minimum Gasteiger partial charge on any atom is -0.274 e. The number of imide groups is 1. The van der Waals surface area contributed by atoms with Gasteiger partial charge in [0.2, 0.25) is 11.8 Å².